The fourth-order valence-electron chi connectivity index (χ4n) is 4.23. The number of rotatable bonds is 8. The highest BCUT2D eigenvalue weighted by Crippen LogP contribution is 2.45. The van der Waals surface area contributed by atoms with Crippen molar-refractivity contribution < 1.29 is 24.1 Å². The van der Waals surface area contributed by atoms with E-state index < -0.39 is 23.8 Å². The third kappa shape index (κ3) is 6.53. The number of ether oxygens (including phenoxy) is 1. The molecule has 0 amide bonds. The molecule has 0 unspecified atom stereocenters. The van der Waals surface area contributed by atoms with Crippen LogP contribution in [0.1, 0.15) is 63.6 Å². The molecule has 0 radical (unpaired) electrons. The Morgan fingerprint density at radius 1 is 1.14 bits per heavy atom. The van der Waals surface area contributed by atoms with Crippen molar-refractivity contribution in [3.63, 3.8) is 0 Å². The summed E-state index contributed by atoms with van der Waals surface area (Å²) in [6.07, 6.45) is 3.39. The zero-order chi connectivity index (χ0) is 25.2. The maximum atomic E-state index is 13.7. The van der Waals surface area contributed by atoms with E-state index in [4.69, 9.17) is 9.72 Å². The minimum absolute atomic E-state index is 0.00139. The van der Waals surface area contributed by atoms with Crippen LogP contribution in [0.25, 0.3) is 28.1 Å². The molecule has 5 nitrogen and oxygen atoms in total. The van der Waals surface area contributed by atoms with Gasteiger partial charge in [-0.1, -0.05) is 42.5 Å². The maximum Gasteiger partial charge on any atom is 0.308 e. The standard InChI is InChI=1S/C29H32FNO4/c1-29(2,3)35-26(34)17-22(33)16-21(32)14-15-24-27(18-10-12-20(30)13-11-18)23-6-4-5-7-25(23)31-28(24)19-8-9-19/h4-7,10-15,19,21-22,32-33H,8-9,16-17H2,1-3H3/b15-14+/t21-,22+/m1/s1/i21+1. The van der Waals surface area contributed by atoms with Crippen molar-refractivity contribution in [2.24, 2.45) is 0 Å². The first-order valence-corrected chi connectivity index (χ1v) is 12.1. The number of hydrogen-bond acceptors (Lipinski definition) is 5. The van der Waals surface area contributed by atoms with Gasteiger partial charge in [-0.25, -0.2) is 4.39 Å². The smallest absolute Gasteiger partial charge is 0.308 e. The predicted octanol–water partition coefficient (Wildman–Crippen LogP) is 5.78. The number of carbonyl (C=O) groups excluding carboxylic acids is 1. The fraction of sp³-hybridized carbons (Fsp3) is 0.379. The van der Waals surface area contributed by atoms with Crippen LogP contribution in [0.5, 0.6) is 0 Å². The van der Waals surface area contributed by atoms with E-state index in [0.29, 0.717) is 5.92 Å². The summed E-state index contributed by atoms with van der Waals surface area (Å²) in [7, 11) is 0. The Kier molecular flexibility index (Phi) is 7.33. The number of carbonyl (C=O) groups is 1. The number of halogens is 1. The zero-order valence-electron chi connectivity index (χ0n) is 20.4. The van der Waals surface area contributed by atoms with Crippen LogP contribution < -0.4 is 0 Å². The number of aromatic nitrogens is 1. The van der Waals surface area contributed by atoms with Gasteiger partial charge in [0.2, 0.25) is 0 Å². The highest BCUT2D eigenvalue weighted by atomic mass is 19.1. The molecular formula is C29H32FNO4. The number of aliphatic hydroxyl groups excluding tert-OH is 2. The van der Waals surface area contributed by atoms with Crippen LogP contribution >= 0.6 is 0 Å². The van der Waals surface area contributed by atoms with E-state index >= 15 is 0 Å². The topological polar surface area (TPSA) is 79.7 Å². The summed E-state index contributed by atoms with van der Waals surface area (Å²) in [5.41, 5.74) is 3.90. The first-order valence-electron chi connectivity index (χ1n) is 12.1. The molecule has 0 aliphatic heterocycles. The van der Waals surface area contributed by atoms with Crippen LogP contribution in [0.3, 0.4) is 0 Å². The van der Waals surface area contributed by atoms with Crippen molar-refractivity contribution in [2.45, 2.75) is 70.2 Å². The van der Waals surface area contributed by atoms with Gasteiger partial charge in [0.05, 0.1) is 29.8 Å². The molecule has 1 heterocycles. The molecule has 35 heavy (non-hydrogen) atoms. The molecule has 2 atom stereocenters. The summed E-state index contributed by atoms with van der Waals surface area (Å²) < 4.78 is 18.9. The lowest BCUT2D eigenvalue weighted by molar-refractivity contribution is -0.157. The normalized spacial score (nSPS) is 15.9. The average molecular weight is 479 g/mol. The Hall–Kier alpha value is -3.09. The number of benzene rings is 2. The van der Waals surface area contributed by atoms with Gasteiger partial charge < -0.3 is 14.9 Å². The molecule has 184 valence electrons. The van der Waals surface area contributed by atoms with E-state index in [-0.39, 0.29) is 18.7 Å². The van der Waals surface area contributed by atoms with Crippen molar-refractivity contribution in [3.05, 3.63) is 71.7 Å². The van der Waals surface area contributed by atoms with Crippen molar-refractivity contribution >= 4 is 22.9 Å². The molecular weight excluding hydrogens is 446 g/mol. The van der Waals surface area contributed by atoms with Crippen molar-refractivity contribution in [1.29, 1.82) is 0 Å². The minimum atomic E-state index is -1.03. The molecule has 1 saturated carbocycles. The van der Waals surface area contributed by atoms with Crippen molar-refractivity contribution in [2.75, 3.05) is 0 Å². The molecule has 0 spiro atoms. The Labute approximate surface area is 205 Å². The molecule has 1 aliphatic carbocycles. The molecule has 2 N–H and O–H groups in total. The second-order valence-corrected chi connectivity index (χ2v) is 10.2. The molecule has 4 rings (SSSR count). The largest absolute Gasteiger partial charge is 0.460 e. The van der Waals surface area contributed by atoms with Crippen LogP contribution in [-0.4, -0.2) is 39.0 Å². The van der Waals surface area contributed by atoms with E-state index in [1.54, 1.807) is 39.0 Å². The Morgan fingerprint density at radius 3 is 2.49 bits per heavy atom. The Morgan fingerprint density at radius 2 is 1.83 bits per heavy atom. The summed E-state index contributed by atoms with van der Waals surface area (Å²) in [6.45, 7) is 5.30. The van der Waals surface area contributed by atoms with Gasteiger partial charge in [0.25, 0.3) is 0 Å². The quantitative estimate of drug-likeness (QED) is 0.317. The maximum absolute atomic E-state index is 13.7. The summed E-state index contributed by atoms with van der Waals surface area (Å²) in [5, 5.41) is 21.9. The predicted molar refractivity (Wildman–Crippen MR) is 135 cm³/mol. The van der Waals surface area contributed by atoms with Gasteiger partial charge in [-0.2, -0.15) is 0 Å². The number of aliphatic hydroxyl groups is 2. The monoisotopic (exact) mass is 478 g/mol. The minimum Gasteiger partial charge on any atom is -0.460 e. The van der Waals surface area contributed by atoms with Crippen LogP contribution in [-0.2, 0) is 9.53 Å². The summed E-state index contributed by atoms with van der Waals surface area (Å²) in [4.78, 5) is 16.9. The number of pyridine rings is 1. The lowest BCUT2D eigenvalue weighted by atomic mass is 9.92. The van der Waals surface area contributed by atoms with E-state index in [0.717, 1.165) is 46.1 Å². The van der Waals surface area contributed by atoms with Gasteiger partial charge in [-0.05, 0) is 57.4 Å². The second kappa shape index (κ2) is 10.3. The number of fused-ring (bicyclic) bond motifs is 1. The molecule has 0 bridgehead atoms. The number of hydrogen-bond donors (Lipinski definition) is 2. The first-order chi connectivity index (χ1) is 16.6. The first kappa shape index (κ1) is 25.0. The number of esters is 1. The van der Waals surface area contributed by atoms with Crippen molar-refractivity contribution in [1.82, 2.24) is 4.98 Å². The van der Waals surface area contributed by atoms with Gasteiger partial charge >= 0.3 is 5.97 Å². The molecule has 0 saturated heterocycles. The van der Waals surface area contributed by atoms with Crippen LogP contribution in [0.2, 0.25) is 0 Å². The summed E-state index contributed by atoms with van der Waals surface area (Å²) in [6, 6.07) is 14.3. The highest BCUT2D eigenvalue weighted by molar-refractivity contribution is 5.99. The van der Waals surface area contributed by atoms with Crippen molar-refractivity contribution in [3.8, 4) is 11.1 Å². The number of para-hydroxylation sites is 1. The molecule has 1 aliphatic rings. The van der Waals surface area contributed by atoms with Gasteiger partial charge in [-0.15, -0.1) is 0 Å². The van der Waals surface area contributed by atoms with E-state index in [2.05, 4.69) is 0 Å². The highest BCUT2D eigenvalue weighted by Gasteiger charge is 2.29. The fourth-order valence-corrected chi connectivity index (χ4v) is 4.23. The molecule has 1 aromatic heterocycles. The lowest BCUT2D eigenvalue weighted by Gasteiger charge is -2.21. The van der Waals surface area contributed by atoms with Gasteiger partial charge in [0.15, 0.2) is 0 Å². The molecule has 6 heteroatoms. The zero-order valence-corrected chi connectivity index (χ0v) is 20.4. The third-order valence-electron chi connectivity index (χ3n) is 5.88. The molecule has 1 fully saturated rings. The van der Waals surface area contributed by atoms with E-state index in [9.17, 15) is 19.4 Å². The SMILES string of the molecule is CC(C)(C)OC(=O)C[C@@H](O)C[13C@H](O)/C=C/c1c(C2CC2)nc2ccccc2c1-c1ccc(F)cc1. The molecule has 2 aromatic carbocycles. The lowest BCUT2D eigenvalue weighted by Crippen LogP contribution is -2.27. The Bertz CT molecular complexity index is 1230. The van der Waals surface area contributed by atoms with E-state index in [1.807, 2.05) is 30.3 Å². The van der Waals surface area contributed by atoms with Gasteiger partial charge in [-0.3, -0.25) is 9.78 Å². The number of nitrogens with zero attached hydrogens (tertiary/aromatic N) is 1. The van der Waals surface area contributed by atoms with Gasteiger partial charge in [0.1, 0.15) is 11.4 Å². The van der Waals surface area contributed by atoms with E-state index in [1.165, 1.54) is 12.1 Å². The Balaban J connectivity index is 1.64. The average Bonchev–Trinajstić information content (AvgIpc) is 3.61. The van der Waals surface area contributed by atoms with Crippen LogP contribution in [0, 0.1) is 5.82 Å². The second-order valence-electron chi connectivity index (χ2n) is 10.2. The van der Waals surface area contributed by atoms with Crippen LogP contribution in [0.4, 0.5) is 4.39 Å². The van der Waals surface area contributed by atoms with Gasteiger partial charge in [0, 0.05) is 28.9 Å². The summed E-state index contributed by atoms with van der Waals surface area (Å²) >= 11 is 0. The summed E-state index contributed by atoms with van der Waals surface area (Å²) in [5.74, 6) is -0.469. The molecule has 3 aromatic rings. The third-order valence-corrected chi connectivity index (χ3v) is 5.88. The van der Waals surface area contributed by atoms with Crippen LogP contribution in [0.15, 0.2) is 54.6 Å².